The van der Waals surface area contributed by atoms with E-state index in [-0.39, 0.29) is 12.4 Å². The molecule has 4 aromatic rings. The van der Waals surface area contributed by atoms with E-state index in [0.717, 1.165) is 17.6 Å². The molecule has 7 nitrogen and oxygen atoms in total. The number of pyridine rings is 1. The number of nitrogens with one attached hydrogen (secondary N) is 2. The second-order valence-corrected chi connectivity index (χ2v) is 8.64. The zero-order valence-electron chi connectivity index (χ0n) is 18.8. The van der Waals surface area contributed by atoms with Gasteiger partial charge < -0.3 is 29.1 Å². The predicted octanol–water partition coefficient (Wildman–Crippen LogP) is 4.28. The van der Waals surface area contributed by atoms with Crippen LogP contribution in [0.4, 0.5) is 0 Å². The molecule has 0 amide bonds. The number of hydrogen-bond acceptors (Lipinski definition) is 5. The molecule has 1 aliphatic rings. The van der Waals surface area contributed by atoms with Gasteiger partial charge in [-0.3, -0.25) is 4.79 Å². The Morgan fingerprint density at radius 1 is 1.09 bits per heavy atom. The SMILES string of the molecule is Cc1ccccc1CCN(Cc1cc2cc3c(cc2[nH]c1=O)OCO3)C(=S)NCc1ccco1. The molecule has 2 N–H and O–H groups in total. The summed E-state index contributed by atoms with van der Waals surface area (Å²) in [5.41, 5.74) is 3.67. The Bertz CT molecular complexity index is 1380. The number of ether oxygens (including phenoxy) is 2. The van der Waals surface area contributed by atoms with Gasteiger partial charge in [0.15, 0.2) is 16.6 Å². The zero-order chi connectivity index (χ0) is 23.5. The number of fused-ring (bicyclic) bond motifs is 2. The topological polar surface area (TPSA) is 79.7 Å². The van der Waals surface area contributed by atoms with Crippen molar-refractivity contribution in [2.24, 2.45) is 0 Å². The van der Waals surface area contributed by atoms with Gasteiger partial charge in [0.05, 0.1) is 24.9 Å². The number of hydrogen-bond donors (Lipinski definition) is 2. The highest BCUT2D eigenvalue weighted by molar-refractivity contribution is 7.80. The van der Waals surface area contributed by atoms with Gasteiger partial charge in [-0.25, -0.2) is 0 Å². The molecule has 3 heterocycles. The summed E-state index contributed by atoms with van der Waals surface area (Å²) in [6, 6.07) is 17.6. The molecule has 0 spiro atoms. The fourth-order valence-electron chi connectivity index (χ4n) is 4.05. The van der Waals surface area contributed by atoms with E-state index in [2.05, 4.69) is 29.4 Å². The maximum atomic E-state index is 12.9. The molecule has 2 aromatic carbocycles. The third kappa shape index (κ3) is 4.77. The molecule has 0 radical (unpaired) electrons. The van der Waals surface area contributed by atoms with Gasteiger partial charge in [0.1, 0.15) is 5.76 Å². The number of nitrogens with zero attached hydrogens (tertiary/aromatic N) is 1. The highest BCUT2D eigenvalue weighted by Gasteiger charge is 2.18. The molecule has 0 atom stereocenters. The lowest BCUT2D eigenvalue weighted by Crippen LogP contribution is -2.41. The molecule has 0 unspecified atom stereocenters. The van der Waals surface area contributed by atoms with Crippen molar-refractivity contribution >= 4 is 28.2 Å². The van der Waals surface area contributed by atoms with E-state index in [0.29, 0.717) is 47.3 Å². The Hall–Kier alpha value is -3.78. The number of aryl methyl sites for hydroxylation is 1. The maximum absolute atomic E-state index is 12.9. The predicted molar refractivity (Wildman–Crippen MR) is 134 cm³/mol. The lowest BCUT2D eigenvalue weighted by molar-refractivity contribution is 0.174. The fraction of sp³-hybridized carbons (Fsp3) is 0.231. The second kappa shape index (κ2) is 9.61. The first-order valence-electron chi connectivity index (χ1n) is 11.1. The molecule has 0 bridgehead atoms. The van der Waals surface area contributed by atoms with Crippen LogP contribution in [0.1, 0.15) is 22.5 Å². The number of rotatable bonds is 7. The summed E-state index contributed by atoms with van der Waals surface area (Å²) in [5.74, 6) is 2.11. The van der Waals surface area contributed by atoms with E-state index in [1.807, 2.05) is 41.3 Å². The zero-order valence-corrected chi connectivity index (χ0v) is 19.6. The molecule has 0 saturated heterocycles. The van der Waals surface area contributed by atoms with Crippen LogP contribution < -0.4 is 20.3 Å². The molecule has 5 rings (SSSR count). The number of aromatic amines is 1. The summed E-state index contributed by atoms with van der Waals surface area (Å²) in [6.07, 6.45) is 2.44. The molecule has 0 saturated carbocycles. The third-order valence-electron chi connectivity index (χ3n) is 5.97. The molecule has 1 aliphatic heterocycles. The van der Waals surface area contributed by atoms with E-state index in [1.54, 1.807) is 12.3 Å². The summed E-state index contributed by atoms with van der Waals surface area (Å²) in [4.78, 5) is 17.9. The summed E-state index contributed by atoms with van der Waals surface area (Å²) in [5, 5.41) is 4.71. The molecular weight excluding hydrogens is 450 g/mol. The summed E-state index contributed by atoms with van der Waals surface area (Å²) >= 11 is 5.72. The van der Waals surface area contributed by atoms with Crippen molar-refractivity contribution in [3.05, 3.63) is 93.7 Å². The Balaban J connectivity index is 1.39. The Labute approximate surface area is 202 Å². The van der Waals surface area contributed by atoms with Gasteiger partial charge in [-0.2, -0.15) is 0 Å². The van der Waals surface area contributed by atoms with Crippen molar-refractivity contribution in [2.75, 3.05) is 13.3 Å². The minimum Gasteiger partial charge on any atom is -0.467 e. The monoisotopic (exact) mass is 475 g/mol. The molecule has 34 heavy (non-hydrogen) atoms. The summed E-state index contributed by atoms with van der Waals surface area (Å²) < 4.78 is 16.3. The smallest absolute Gasteiger partial charge is 0.253 e. The average Bonchev–Trinajstić information content (AvgIpc) is 3.51. The standard InChI is InChI=1S/C26H25N3O4S/c1-17-5-2-3-6-18(17)8-9-29(26(34)27-14-21-7-4-10-31-21)15-20-11-19-12-23-24(33-16-32-23)13-22(19)28-25(20)30/h2-7,10-13H,8-9,14-16H2,1H3,(H,27,34)(H,28,30). The van der Waals surface area contributed by atoms with Crippen molar-refractivity contribution in [1.29, 1.82) is 0 Å². The quantitative estimate of drug-likeness (QED) is 0.386. The second-order valence-electron chi connectivity index (χ2n) is 8.25. The summed E-state index contributed by atoms with van der Waals surface area (Å²) in [7, 11) is 0. The Morgan fingerprint density at radius 3 is 2.71 bits per heavy atom. The number of furan rings is 1. The first-order valence-corrected chi connectivity index (χ1v) is 11.5. The van der Waals surface area contributed by atoms with Gasteiger partial charge in [0.2, 0.25) is 6.79 Å². The first kappa shape index (κ1) is 22.0. The van der Waals surface area contributed by atoms with E-state index < -0.39 is 0 Å². The Morgan fingerprint density at radius 2 is 1.91 bits per heavy atom. The summed E-state index contributed by atoms with van der Waals surface area (Å²) in [6.45, 7) is 3.80. The van der Waals surface area contributed by atoms with Crippen LogP contribution in [0.25, 0.3) is 10.9 Å². The van der Waals surface area contributed by atoms with Crippen molar-refractivity contribution in [3.63, 3.8) is 0 Å². The van der Waals surface area contributed by atoms with Gasteiger partial charge in [-0.05, 0) is 61.0 Å². The van der Waals surface area contributed by atoms with Crippen LogP contribution in [0.15, 0.2) is 70.1 Å². The van der Waals surface area contributed by atoms with Crippen LogP contribution in [0.3, 0.4) is 0 Å². The van der Waals surface area contributed by atoms with E-state index in [9.17, 15) is 4.79 Å². The highest BCUT2D eigenvalue weighted by atomic mass is 32.1. The molecular formula is C26H25N3O4S. The van der Waals surface area contributed by atoms with Crippen LogP contribution in [0.5, 0.6) is 11.5 Å². The van der Waals surface area contributed by atoms with E-state index in [1.165, 1.54) is 11.1 Å². The number of benzene rings is 2. The van der Waals surface area contributed by atoms with Gasteiger partial charge in [0.25, 0.3) is 5.56 Å². The fourth-order valence-corrected chi connectivity index (χ4v) is 4.28. The number of thiocarbonyl (C=S) groups is 1. The molecule has 2 aromatic heterocycles. The van der Waals surface area contributed by atoms with Gasteiger partial charge in [-0.1, -0.05) is 24.3 Å². The van der Waals surface area contributed by atoms with Crippen molar-refractivity contribution in [1.82, 2.24) is 15.2 Å². The maximum Gasteiger partial charge on any atom is 0.253 e. The molecule has 0 aliphatic carbocycles. The lowest BCUT2D eigenvalue weighted by Gasteiger charge is -2.26. The minimum absolute atomic E-state index is 0.152. The van der Waals surface area contributed by atoms with Crippen LogP contribution >= 0.6 is 12.2 Å². The van der Waals surface area contributed by atoms with Gasteiger partial charge >= 0.3 is 0 Å². The van der Waals surface area contributed by atoms with Crippen LogP contribution in [-0.4, -0.2) is 28.3 Å². The van der Waals surface area contributed by atoms with E-state index in [4.69, 9.17) is 26.1 Å². The minimum atomic E-state index is -0.152. The van der Waals surface area contributed by atoms with Gasteiger partial charge in [-0.15, -0.1) is 0 Å². The lowest BCUT2D eigenvalue weighted by atomic mass is 10.1. The van der Waals surface area contributed by atoms with Gasteiger partial charge in [0, 0.05) is 23.6 Å². The van der Waals surface area contributed by atoms with Crippen molar-refractivity contribution in [3.8, 4) is 11.5 Å². The number of H-pyrrole nitrogens is 1. The molecule has 8 heteroatoms. The third-order valence-corrected chi connectivity index (χ3v) is 6.37. The highest BCUT2D eigenvalue weighted by Crippen LogP contribution is 2.35. The first-order chi connectivity index (χ1) is 16.6. The molecule has 174 valence electrons. The molecule has 0 fully saturated rings. The van der Waals surface area contributed by atoms with E-state index >= 15 is 0 Å². The largest absolute Gasteiger partial charge is 0.467 e. The van der Waals surface area contributed by atoms with Crippen LogP contribution in [-0.2, 0) is 19.5 Å². The van der Waals surface area contributed by atoms with Crippen molar-refractivity contribution in [2.45, 2.75) is 26.4 Å². The number of aromatic nitrogens is 1. The normalized spacial score (nSPS) is 12.1. The Kier molecular flexibility index (Phi) is 6.22. The van der Waals surface area contributed by atoms with Crippen LogP contribution in [0, 0.1) is 6.92 Å². The average molecular weight is 476 g/mol. The van der Waals surface area contributed by atoms with Crippen LogP contribution in [0.2, 0.25) is 0 Å². The van der Waals surface area contributed by atoms with Crippen molar-refractivity contribution < 1.29 is 13.9 Å².